The summed E-state index contributed by atoms with van der Waals surface area (Å²) in [5.74, 6) is 0. The van der Waals surface area contributed by atoms with Crippen LogP contribution in [0.15, 0.2) is 0 Å². The van der Waals surface area contributed by atoms with E-state index < -0.39 is 0 Å². The van der Waals surface area contributed by atoms with E-state index in [0.29, 0.717) is 0 Å². The number of nitrogens with two attached hydrogens (primary N) is 1. The van der Waals surface area contributed by atoms with E-state index in [0.717, 1.165) is 26.1 Å². The van der Waals surface area contributed by atoms with E-state index in [-0.39, 0.29) is 12.4 Å². The van der Waals surface area contributed by atoms with Gasteiger partial charge >= 0.3 is 0 Å². The first-order chi connectivity index (χ1) is 4.41. The Balaban J connectivity index is 0. The van der Waals surface area contributed by atoms with Crippen LogP contribution in [-0.2, 0) is 0 Å². The van der Waals surface area contributed by atoms with Crippen LogP contribution >= 0.6 is 12.4 Å². The van der Waals surface area contributed by atoms with Crippen LogP contribution in [0.5, 0.6) is 0 Å². The van der Waals surface area contributed by atoms with Crippen molar-refractivity contribution in [2.24, 2.45) is 5.73 Å². The zero-order valence-corrected chi connectivity index (χ0v) is 7.54. The third-order valence-corrected chi connectivity index (χ3v) is 1.26. The van der Waals surface area contributed by atoms with Crippen LogP contribution in [0.4, 0.5) is 0 Å². The second kappa shape index (κ2) is 11.9. The Morgan fingerprint density at radius 1 is 1.20 bits per heavy atom. The van der Waals surface area contributed by atoms with Gasteiger partial charge in [-0.25, -0.2) is 0 Å². The summed E-state index contributed by atoms with van der Waals surface area (Å²) in [6, 6.07) is 0. The quantitative estimate of drug-likeness (QED) is 0.581. The first kappa shape index (κ1) is 12.8. The Kier molecular flexibility index (Phi) is 15.3. The molecule has 0 amide bonds. The molecule has 0 radical (unpaired) electrons. The van der Waals surface area contributed by atoms with Crippen molar-refractivity contribution in [2.45, 2.75) is 26.2 Å². The van der Waals surface area contributed by atoms with E-state index >= 15 is 0 Å². The molecule has 0 aromatic heterocycles. The van der Waals surface area contributed by atoms with E-state index in [2.05, 4.69) is 12.2 Å². The van der Waals surface area contributed by atoms with E-state index in [1.54, 1.807) is 0 Å². The lowest BCUT2D eigenvalue weighted by molar-refractivity contribution is 0.621. The van der Waals surface area contributed by atoms with Crippen molar-refractivity contribution in [2.75, 3.05) is 19.6 Å². The first-order valence-corrected chi connectivity index (χ1v) is 3.82. The molecule has 0 aliphatic rings. The van der Waals surface area contributed by atoms with Crippen molar-refractivity contribution in [3.05, 3.63) is 0 Å². The van der Waals surface area contributed by atoms with E-state index in [1.807, 2.05) is 0 Å². The highest BCUT2D eigenvalue weighted by atomic mass is 35.5. The zero-order valence-electron chi connectivity index (χ0n) is 6.73. The highest BCUT2D eigenvalue weighted by molar-refractivity contribution is 5.85. The third kappa shape index (κ3) is 11.1. The normalized spacial score (nSPS) is 9.00. The van der Waals surface area contributed by atoms with Crippen LogP contribution in [-0.4, -0.2) is 19.6 Å². The van der Waals surface area contributed by atoms with Gasteiger partial charge in [-0.2, -0.15) is 0 Å². The Morgan fingerprint density at radius 3 is 2.30 bits per heavy atom. The van der Waals surface area contributed by atoms with E-state index in [1.165, 1.54) is 12.8 Å². The molecule has 0 aromatic carbocycles. The lowest BCUT2D eigenvalue weighted by Gasteiger charge is -1.99. The zero-order chi connectivity index (χ0) is 6.95. The Bertz CT molecular complexity index is 44.9. The molecular weight excluding hydrogens is 148 g/mol. The van der Waals surface area contributed by atoms with Crippen molar-refractivity contribution in [1.29, 1.82) is 0 Å². The number of unbranched alkanes of at least 4 members (excludes halogenated alkanes) is 1. The summed E-state index contributed by atoms with van der Waals surface area (Å²) in [7, 11) is 0. The number of hydrogen-bond acceptors (Lipinski definition) is 2. The maximum atomic E-state index is 5.30. The van der Waals surface area contributed by atoms with Crippen LogP contribution in [0.25, 0.3) is 0 Å². The monoisotopic (exact) mass is 166 g/mol. The average molecular weight is 167 g/mol. The van der Waals surface area contributed by atoms with Gasteiger partial charge in [0, 0.05) is 0 Å². The van der Waals surface area contributed by atoms with Crippen molar-refractivity contribution >= 4 is 12.4 Å². The summed E-state index contributed by atoms with van der Waals surface area (Å²) < 4.78 is 0. The molecule has 64 valence electrons. The highest BCUT2D eigenvalue weighted by Crippen LogP contribution is 1.81. The van der Waals surface area contributed by atoms with Gasteiger partial charge in [0.15, 0.2) is 0 Å². The number of halogens is 1. The summed E-state index contributed by atoms with van der Waals surface area (Å²) in [6.45, 7) is 5.23. The lowest BCUT2D eigenvalue weighted by Crippen LogP contribution is -2.19. The Labute approximate surface area is 70.0 Å². The van der Waals surface area contributed by atoms with Crippen LogP contribution in [0, 0.1) is 0 Å². The van der Waals surface area contributed by atoms with Gasteiger partial charge in [0.05, 0.1) is 0 Å². The molecule has 3 heteroatoms. The molecule has 0 aromatic rings. The van der Waals surface area contributed by atoms with Crippen molar-refractivity contribution in [3.8, 4) is 0 Å². The lowest BCUT2D eigenvalue weighted by atomic mass is 10.3. The molecule has 0 heterocycles. The first-order valence-electron chi connectivity index (χ1n) is 3.82. The standard InChI is InChI=1S/C7H18N2.ClH/c1-2-3-6-9-7-4-5-8;/h9H,2-8H2,1H3;1H. The molecule has 3 N–H and O–H groups in total. The minimum absolute atomic E-state index is 0. The molecule has 0 aliphatic heterocycles. The summed E-state index contributed by atoms with van der Waals surface area (Å²) in [5, 5.41) is 3.31. The number of rotatable bonds is 6. The fraction of sp³-hybridized carbons (Fsp3) is 1.00. The van der Waals surface area contributed by atoms with Crippen LogP contribution < -0.4 is 11.1 Å². The molecule has 0 fully saturated rings. The molecule has 0 aliphatic carbocycles. The van der Waals surface area contributed by atoms with Crippen molar-refractivity contribution in [3.63, 3.8) is 0 Å². The summed E-state index contributed by atoms with van der Waals surface area (Å²) >= 11 is 0. The molecule has 0 saturated heterocycles. The Morgan fingerprint density at radius 2 is 1.80 bits per heavy atom. The molecule has 0 saturated carbocycles. The fourth-order valence-electron chi connectivity index (χ4n) is 0.654. The van der Waals surface area contributed by atoms with Gasteiger partial charge in [0.25, 0.3) is 0 Å². The van der Waals surface area contributed by atoms with Gasteiger partial charge in [0.2, 0.25) is 0 Å². The highest BCUT2D eigenvalue weighted by Gasteiger charge is 1.83. The molecular formula is C7H19ClN2. The summed E-state index contributed by atoms with van der Waals surface area (Å²) in [4.78, 5) is 0. The topological polar surface area (TPSA) is 38.0 Å². The van der Waals surface area contributed by atoms with Gasteiger partial charge in [0.1, 0.15) is 0 Å². The molecule has 0 bridgehead atoms. The number of hydrogen-bond donors (Lipinski definition) is 2. The minimum Gasteiger partial charge on any atom is -0.330 e. The van der Waals surface area contributed by atoms with Gasteiger partial charge in [-0.3, -0.25) is 0 Å². The van der Waals surface area contributed by atoms with E-state index in [9.17, 15) is 0 Å². The smallest absolute Gasteiger partial charge is 0.00369 e. The molecule has 0 unspecified atom stereocenters. The van der Waals surface area contributed by atoms with Crippen molar-refractivity contribution < 1.29 is 0 Å². The van der Waals surface area contributed by atoms with Gasteiger partial charge in [-0.1, -0.05) is 13.3 Å². The SMILES string of the molecule is CCCCNCCCN.Cl. The fourth-order valence-corrected chi connectivity index (χ4v) is 0.654. The van der Waals surface area contributed by atoms with Crippen LogP contribution in [0.1, 0.15) is 26.2 Å². The average Bonchev–Trinajstić information content (AvgIpc) is 1.89. The second-order valence-electron chi connectivity index (χ2n) is 2.25. The molecule has 0 rings (SSSR count). The van der Waals surface area contributed by atoms with Gasteiger partial charge in [-0.05, 0) is 32.5 Å². The summed E-state index contributed by atoms with van der Waals surface area (Å²) in [5.41, 5.74) is 5.30. The van der Waals surface area contributed by atoms with Gasteiger partial charge in [-0.15, -0.1) is 12.4 Å². The van der Waals surface area contributed by atoms with Gasteiger partial charge < -0.3 is 11.1 Å². The third-order valence-electron chi connectivity index (χ3n) is 1.26. The molecule has 0 atom stereocenters. The predicted octanol–water partition coefficient (Wildman–Crippen LogP) is 1.15. The Hall–Kier alpha value is 0.210. The minimum atomic E-state index is 0. The second-order valence-corrected chi connectivity index (χ2v) is 2.25. The van der Waals surface area contributed by atoms with E-state index in [4.69, 9.17) is 5.73 Å². The largest absolute Gasteiger partial charge is 0.330 e. The molecule has 10 heavy (non-hydrogen) atoms. The van der Waals surface area contributed by atoms with Crippen LogP contribution in [0.2, 0.25) is 0 Å². The van der Waals surface area contributed by atoms with Crippen LogP contribution in [0.3, 0.4) is 0 Å². The maximum absolute atomic E-state index is 5.30. The predicted molar refractivity (Wildman–Crippen MR) is 48.7 cm³/mol. The maximum Gasteiger partial charge on any atom is -0.00369 e. The number of nitrogens with one attached hydrogen (secondary N) is 1. The van der Waals surface area contributed by atoms with Crippen molar-refractivity contribution in [1.82, 2.24) is 5.32 Å². The molecule has 2 nitrogen and oxygen atoms in total. The molecule has 0 spiro atoms. The summed E-state index contributed by atoms with van der Waals surface area (Å²) in [6.07, 6.45) is 3.66.